The third kappa shape index (κ3) is 3.17. The molecule has 0 spiro atoms. The van der Waals surface area contributed by atoms with Crippen molar-refractivity contribution in [3.8, 4) is 0 Å². The zero-order chi connectivity index (χ0) is 16.4. The zero-order valence-corrected chi connectivity index (χ0v) is 12.5. The Labute approximate surface area is 133 Å². The summed E-state index contributed by atoms with van der Waals surface area (Å²) >= 11 is 0. The molecule has 0 saturated heterocycles. The van der Waals surface area contributed by atoms with Crippen molar-refractivity contribution in [2.45, 2.75) is 24.9 Å². The fourth-order valence-corrected chi connectivity index (χ4v) is 2.72. The van der Waals surface area contributed by atoms with Crippen LogP contribution in [0.5, 0.6) is 0 Å². The Bertz CT molecular complexity index is 697. The maximum Gasteiger partial charge on any atom is 0.269 e. The summed E-state index contributed by atoms with van der Waals surface area (Å²) in [6.45, 7) is 0.532. The first kappa shape index (κ1) is 15.4. The molecule has 1 aliphatic rings. The third-order valence-electron chi connectivity index (χ3n) is 4.32. The van der Waals surface area contributed by atoms with E-state index in [1.807, 2.05) is 4.90 Å². The molecule has 6 heteroatoms. The minimum absolute atomic E-state index is 0.0190. The Morgan fingerprint density at radius 1 is 1.13 bits per heavy atom. The van der Waals surface area contributed by atoms with Crippen LogP contribution in [0.15, 0.2) is 48.5 Å². The summed E-state index contributed by atoms with van der Waals surface area (Å²) in [6.07, 6.45) is 1.73. The molecule has 0 heterocycles. The number of benzene rings is 2. The van der Waals surface area contributed by atoms with Gasteiger partial charge in [-0.2, -0.15) is 0 Å². The van der Waals surface area contributed by atoms with Crippen LogP contribution < -0.4 is 4.90 Å². The SMILES string of the molecule is O=[N+]([O-])c1ccc(N(Cc2ccc(F)cc2)C2(CO)CC2)cc1. The highest BCUT2D eigenvalue weighted by Crippen LogP contribution is 2.44. The molecule has 1 N–H and O–H groups in total. The number of hydrogen-bond acceptors (Lipinski definition) is 4. The summed E-state index contributed by atoms with van der Waals surface area (Å²) in [6, 6.07) is 12.5. The fourth-order valence-electron chi connectivity index (χ4n) is 2.72. The van der Waals surface area contributed by atoms with E-state index in [0.29, 0.717) is 6.54 Å². The van der Waals surface area contributed by atoms with Crippen molar-refractivity contribution >= 4 is 11.4 Å². The number of nitrogens with zero attached hydrogens (tertiary/aromatic N) is 2. The maximum absolute atomic E-state index is 13.1. The molecule has 0 aliphatic heterocycles. The molecule has 5 nitrogen and oxygen atoms in total. The molecular formula is C17H17FN2O3. The average molecular weight is 316 g/mol. The highest BCUT2D eigenvalue weighted by molar-refractivity contribution is 5.55. The van der Waals surface area contributed by atoms with E-state index >= 15 is 0 Å². The molecule has 2 aromatic carbocycles. The van der Waals surface area contributed by atoms with E-state index in [-0.39, 0.29) is 23.7 Å². The lowest BCUT2D eigenvalue weighted by Gasteiger charge is -2.33. The normalized spacial score (nSPS) is 15.2. The molecule has 0 aromatic heterocycles. The number of nitro groups is 1. The molecule has 0 amide bonds. The minimum Gasteiger partial charge on any atom is -0.394 e. The number of nitro benzene ring substituents is 1. The molecule has 3 rings (SSSR count). The molecule has 1 saturated carbocycles. The lowest BCUT2D eigenvalue weighted by atomic mass is 10.1. The van der Waals surface area contributed by atoms with Crippen molar-refractivity contribution in [2.24, 2.45) is 0 Å². The number of halogens is 1. The summed E-state index contributed by atoms with van der Waals surface area (Å²) in [5.41, 5.74) is 1.44. The van der Waals surface area contributed by atoms with Gasteiger partial charge in [0.15, 0.2) is 0 Å². The number of hydrogen-bond donors (Lipinski definition) is 1. The highest BCUT2D eigenvalue weighted by atomic mass is 19.1. The molecule has 120 valence electrons. The number of anilines is 1. The van der Waals surface area contributed by atoms with Crippen molar-refractivity contribution in [3.05, 3.63) is 70.0 Å². The molecular weight excluding hydrogens is 299 g/mol. The van der Waals surface area contributed by atoms with Crippen LogP contribution in [0.4, 0.5) is 15.8 Å². The molecule has 0 atom stereocenters. The van der Waals surface area contributed by atoms with Crippen molar-refractivity contribution in [1.29, 1.82) is 0 Å². The minimum atomic E-state index is -0.437. The van der Waals surface area contributed by atoms with Crippen LogP contribution in [-0.4, -0.2) is 22.2 Å². The average Bonchev–Trinajstić information content (AvgIpc) is 3.35. The topological polar surface area (TPSA) is 66.6 Å². The van der Waals surface area contributed by atoms with Crippen LogP contribution >= 0.6 is 0 Å². The number of aliphatic hydroxyl groups excluding tert-OH is 1. The maximum atomic E-state index is 13.1. The van der Waals surface area contributed by atoms with Crippen LogP contribution in [0, 0.1) is 15.9 Å². The van der Waals surface area contributed by atoms with E-state index in [0.717, 1.165) is 24.1 Å². The monoisotopic (exact) mass is 316 g/mol. The molecule has 0 radical (unpaired) electrons. The Kier molecular flexibility index (Phi) is 4.00. The van der Waals surface area contributed by atoms with Gasteiger partial charge in [0.05, 0.1) is 17.1 Å². The second-order valence-electron chi connectivity index (χ2n) is 5.87. The highest BCUT2D eigenvalue weighted by Gasteiger charge is 2.47. The summed E-state index contributed by atoms with van der Waals surface area (Å²) in [4.78, 5) is 12.4. The van der Waals surface area contributed by atoms with Gasteiger partial charge in [0.25, 0.3) is 5.69 Å². The predicted octanol–water partition coefficient (Wildman–Crippen LogP) is 3.27. The number of aliphatic hydroxyl groups is 1. The van der Waals surface area contributed by atoms with E-state index in [4.69, 9.17) is 0 Å². The first-order chi connectivity index (χ1) is 11.0. The first-order valence-electron chi connectivity index (χ1n) is 7.41. The van der Waals surface area contributed by atoms with Crippen LogP contribution in [-0.2, 0) is 6.54 Å². The van der Waals surface area contributed by atoms with Gasteiger partial charge in [-0.15, -0.1) is 0 Å². The van der Waals surface area contributed by atoms with Gasteiger partial charge >= 0.3 is 0 Å². The van der Waals surface area contributed by atoms with E-state index in [1.165, 1.54) is 24.3 Å². The van der Waals surface area contributed by atoms with Crippen LogP contribution in [0.2, 0.25) is 0 Å². The number of non-ortho nitro benzene ring substituents is 1. The molecule has 0 bridgehead atoms. The van der Waals surface area contributed by atoms with E-state index in [1.54, 1.807) is 24.3 Å². The van der Waals surface area contributed by atoms with Crippen molar-refractivity contribution in [2.75, 3.05) is 11.5 Å². The molecule has 23 heavy (non-hydrogen) atoms. The Hall–Kier alpha value is -2.47. The molecule has 0 unspecified atom stereocenters. The fraction of sp³-hybridized carbons (Fsp3) is 0.294. The Balaban J connectivity index is 1.89. The second kappa shape index (κ2) is 5.96. The standard InChI is InChI=1S/C17H17FN2O3/c18-14-3-1-13(2-4-14)11-19(17(12-21)9-10-17)15-5-7-16(8-6-15)20(22)23/h1-8,21H,9-12H2. The smallest absolute Gasteiger partial charge is 0.269 e. The molecule has 1 fully saturated rings. The largest absolute Gasteiger partial charge is 0.394 e. The Morgan fingerprint density at radius 2 is 1.74 bits per heavy atom. The van der Waals surface area contributed by atoms with Crippen molar-refractivity contribution in [1.82, 2.24) is 0 Å². The number of rotatable bonds is 6. The van der Waals surface area contributed by atoms with Gasteiger partial charge < -0.3 is 10.0 Å². The van der Waals surface area contributed by atoms with Gasteiger partial charge in [-0.25, -0.2) is 4.39 Å². The van der Waals surface area contributed by atoms with Gasteiger partial charge in [-0.1, -0.05) is 12.1 Å². The van der Waals surface area contributed by atoms with Crippen molar-refractivity contribution < 1.29 is 14.4 Å². The van der Waals surface area contributed by atoms with Crippen LogP contribution in [0.3, 0.4) is 0 Å². The van der Waals surface area contributed by atoms with Gasteiger partial charge in [0.2, 0.25) is 0 Å². The lowest BCUT2D eigenvalue weighted by Crippen LogP contribution is -2.39. The van der Waals surface area contributed by atoms with E-state index in [2.05, 4.69) is 0 Å². The summed E-state index contributed by atoms with van der Waals surface area (Å²) in [7, 11) is 0. The van der Waals surface area contributed by atoms with Gasteiger partial charge in [-0.05, 0) is 42.7 Å². The zero-order valence-electron chi connectivity index (χ0n) is 12.5. The van der Waals surface area contributed by atoms with Gasteiger partial charge in [-0.3, -0.25) is 10.1 Å². The van der Waals surface area contributed by atoms with Gasteiger partial charge in [0, 0.05) is 24.4 Å². The second-order valence-corrected chi connectivity index (χ2v) is 5.87. The predicted molar refractivity (Wildman–Crippen MR) is 84.7 cm³/mol. The van der Waals surface area contributed by atoms with Crippen LogP contribution in [0.25, 0.3) is 0 Å². The third-order valence-corrected chi connectivity index (χ3v) is 4.32. The molecule has 2 aromatic rings. The van der Waals surface area contributed by atoms with Crippen LogP contribution in [0.1, 0.15) is 18.4 Å². The summed E-state index contributed by atoms with van der Waals surface area (Å²) in [5.74, 6) is -0.293. The summed E-state index contributed by atoms with van der Waals surface area (Å²) < 4.78 is 13.1. The van der Waals surface area contributed by atoms with Gasteiger partial charge in [0.1, 0.15) is 5.82 Å². The first-order valence-corrected chi connectivity index (χ1v) is 7.41. The summed E-state index contributed by atoms with van der Waals surface area (Å²) in [5, 5.41) is 20.5. The van der Waals surface area contributed by atoms with E-state index in [9.17, 15) is 19.6 Å². The lowest BCUT2D eigenvalue weighted by molar-refractivity contribution is -0.384. The van der Waals surface area contributed by atoms with E-state index < -0.39 is 4.92 Å². The Morgan fingerprint density at radius 3 is 2.22 bits per heavy atom. The quantitative estimate of drug-likeness (QED) is 0.656. The molecule has 1 aliphatic carbocycles. The van der Waals surface area contributed by atoms with Crippen molar-refractivity contribution in [3.63, 3.8) is 0 Å².